The molecule has 1 saturated carbocycles. The van der Waals surface area contributed by atoms with Crippen molar-refractivity contribution >= 4 is 11.6 Å². The van der Waals surface area contributed by atoms with Crippen LogP contribution in [0.5, 0.6) is 0 Å². The van der Waals surface area contributed by atoms with Crippen LogP contribution in [-0.2, 0) is 14.1 Å². The Kier molecular flexibility index (Phi) is 3.42. The first-order valence-electron chi connectivity index (χ1n) is 7.99. The molecule has 3 aromatic heterocycles. The summed E-state index contributed by atoms with van der Waals surface area (Å²) >= 11 is 0. The fourth-order valence-corrected chi connectivity index (χ4v) is 3.41. The van der Waals surface area contributed by atoms with Crippen molar-refractivity contribution in [1.82, 2.24) is 29.3 Å². The molecule has 1 aliphatic carbocycles. The quantitative estimate of drug-likeness (QED) is 0.736. The monoisotopic (exact) mass is 328 g/mol. The molecule has 0 aromatic carbocycles. The lowest BCUT2D eigenvalue weighted by Crippen LogP contribution is -2.41. The van der Waals surface area contributed by atoms with E-state index < -0.39 is 0 Å². The van der Waals surface area contributed by atoms with E-state index in [2.05, 4.69) is 15.5 Å². The van der Waals surface area contributed by atoms with Crippen molar-refractivity contribution in [2.75, 3.05) is 0 Å². The van der Waals surface area contributed by atoms with E-state index in [1.54, 1.807) is 21.6 Å². The zero-order valence-electron chi connectivity index (χ0n) is 13.6. The maximum Gasteiger partial charge on any atom is 0.257 e. The van der Waals surface area contributed by atoms with E-state index in [9.17, 15) is 9.90 Å². The summed E-state index contributed by atoms with van der Waals surface area (Å²) in [5, 5.41) is 21.2. The second-order valence-corrected chi connectivity index (χ2v) is 6.52. The Morgan fingerprint density at radius 2 is 2.08 bits per heavy atom. The lowest BCUT2D eigenvalue weighted by atomic mass is 9.75. The number of hydrogen-bond acceptors (Lipinski definition) is 4. The molecule has 8 nitrogen and oxygen atoms in total. The Morgan fingerprint density at radius 3 is 2.75 bits per heavy atom. The normalized spacial score (nSPS) is 21.6. The van der Waals surface area contributed by atoms with Crippen LogP contribution >= 0.6 is 0 Å². The average Bonchev–Trinajstić information content (AvgIpc) is 3.20. The molecule has 1 amide bonds. The highest BCUT2D eigenvalue weighted by molar-refractivity contribution is 6.00. The van der Waals surface area contributed by atoms with Crippen molar-refractivity contribution in [2.24, 2.45) is 20.0 Å². The van der Waals surface area contributed by atoms with Crippen LogP contribution in [0.4, 0.5) is 0 Å². The smallest absolute Gasteiger partial charge is 0.257 e. The zero-order chi connectivity index (χ0) is 16.8. The Hall–Kier alpha value is -2.61. The standard InChI is InChI=1S/C16H20N6O2/c1-20-3-4-22-16(20)13(8-18-22)15(24)19-14(10-5-12(23)6-10)11-7-17-21(2)9-11/h3-4,7-10,12,14,23H,5-6H2,1-2H3,(H,19,24)/t10?,12?,14-/m0/s1. The summed E-state index contributed by atoms with van der Waals surface area (Å²) in [5.41, 5.74) is 2.25. The molecule has 0 unspecified atom stereocenters. The largest absolute Gasteiger partial charge is 0.393 e. The van der Waals surface area contributed by atoms with Crippen LogP contribution < -0.4 is 5.32 Å². The summed E-state index contributed by atoms with van der Waals surface area (Å²) in [6.07, 6.45) is 10.0. The molecule has 3 aromatic rings. The summed E-state index contributed by atoms with van der Waals surface area (Å²) in [6, 6.07) is -0.162. The topological polar surface area (TPSA) is 89.4 Å². The van der Waals surface area contributed by atoms with Crippen LogP contribution in [0.1, 0.15) is 34.8 Å². The number of hydrogen-bond donors (Lipinski definition) is 2. The van der Waals surface area contributed by atoms with Gasteiger partial charge in [-0.2, -0.15) is 10.2 Å². The van der Waals surface area contributed by atoms with Gasteiger partial charge in [0.05, 0.1) is 24.5 Å². The second-order valence-electron chi connectivity index (χ2n) is 6.52. The maximum atomic E-state index is 12.8. The zero-order valence-corrected chi connectivity index (χ0v) is 13.6. The molecule has 0 aliphatic heterocycles. The van der Waals surface area contributed by atoms with E-state index in [0.717, 1.165) is 11.2 Å². The van der Waals surface area contributed by atoms with Crippen molar-refractivity contribution < 1.29 is 9.90 Å². The Morgan fingerprint density at radius 1 is 1.29 bits per heavy atom. The predicted molar refractivity (Wildman–Crippen MR) is 86.3 cm³/mol. The van der Waals surface area contributed by atoms with Gasteiger partial charge in [0.1, 0.15) is 11.2 Å². The molecule has 0 saturated heterocycles. The minimum absolute atomic E-state index is 0.162. The van der Waals surface area contributed by atoms with E-state index in [0.29, 0.717) is 18.4 Å². The van der Waals surface area contributed by atoms with Crippen LogP contribution in [0.2, 0.25) is 0 Å². The molecule has 1 fully saturated rings. The first-order valence-corrected chi connectivity index (χ1v) is 7.99. The van der Waals surface area contributed by atoms with E-state index >= 15 is 0 Å². The molecule has 2 N–H and O–H groups in total. The minimum Gasteiger partial charge on any atom is -0.393 e. The molecule has 126 valence electrons. The van der Waals surface area contributed by atoms with E-state index in [4.69, 9.17) is 0 Å². The number of nitrogens with zero attached hydrogens (tertiary/aromatic N) is 5. The van der Waals surface area contributed by atoms with Crippen molar-refractivity contribution in [3.05, 3.63) is 42.1 Å². The molecule has 24 heavy (non-hydrogen) atoms. The first kappa shape index (κ1) is 14.9. The number of aliphatic hydroxyl groups is 1. The number of imidazole rings is 1. The lowest BCUT2D eigenvalue weighted by Gasteiger charge is -2.37. The molecular formula is C16H20N6O2. The number of carbonyl (C=O) groups excluding carboxylic acids is 1. The van der Waals surface area contributed by atoms with Crippen molar-refractivity contribution in [2.45, 2.75) is 25.0 Å². The van der Waals surface area contributed by atoms with Gasteiger partial charge in [-0.05, 0) is 18.8 Å². The SMILES string of the molecule is Cn1cc([C@@H](NC(=O)c2cnn3ccn(C)c23)C2CC(O)C2)cn1. The summed E-state index contributed by atoms with van der Waals surface area (Å²) in [7, 11) is 3.73. The fraction of sp³-hybridized carbons (Fsp3) is 0.438. The summed E-state index contributed by atoms with van der Waals surface area (Å²) in [6.45, 7) is 0. The van der Waals surface area contributed by atoms with E-state index in [-0.39, 0.29) is 24.0 Å². The van der Waals surface area contributed by atoms with Crippen molar-refractivity contribution in [3.63, 3.8) is 0 Å². The second kappa shape index (κ2) is 5.48. The molecule has 0 radical (unpaired) electrons. The van der Waals surface area contributed by atoms with E-state index in [1.807, 2.05) is 37.3 Å². The summed E-state index contributed by atoms with van der Waals surface area (Å²) in [5.74, 6) is 0.0506. The van der Waals surface area contributed by atoms with Gasteiger partial charge in [0, 0.05) is 38.2 Å². The van der Waals surface area contributed by atoms with Crippen LogP contribution in [-0.4, -0.2) is 41.1 Å². The van der Waals surface area contributed by atoms with Gasteiger partial charge in [0.15, 0.2) is 0 Å². The Bertz CT molecular complexity index is 886. The number of aliphatic hydroxyl groups excluding tert-OH is 1. The number of amides is 1. The molecular weight excluding hydrogens is 308 g/mol. The molecule has 4 rings (SSSR count). The highest BCUT2D eigenvalue weighted by Crippen LogP contribution is 2.38. The van der Waals surface area contributed by atoms with Crippen LogP contribution in [0.25, 0.3) is 5.65 Å². The Labute approximate surface area is 138 Å². The Balaban J connectivity index is 1.62. The van der Waals surface area contributed by atoms with Gasteiger partial charge in [-0.3, -0.25) is 9.48 Å². The van der Waals surface area contributed by atoms with Gasteiger partial charge < -0.3 is 15.0 Å². The van der Waals surface area contributed by atoms with Gasteiger partial charge >= 0.3 is 0 Å². The fourth-order valence-electron chi connectivity index (χ4n) is 3.41. The predicted octanol–water partition coefficient (Wildman–Crippen LogP) is 0.648. The third-order valence-corrected chi connectivity index (χ3v) is 4.77. The van der Waals surface area contributed by atoms with Gasteiger partial charge in [-0.1, -0.05) is 0 Å². The lowest BCUT2D eigenvalue weighted by molar-refractivity contribution is 0.0235. The number of carbonyl (C=O) groups is 1. The molecule has 8 heteroatoms. The number of fused-ring (bicyclic) bond motifs is 1. The number of aryl methyl sites for hydroxylation is 2. The van der Waals surface area contributed by atoms with Gasteiger partial charge in [0.25, 0.3) is 5.91 Å². The molecule has 3 heterocycles. The summed E-state index contributed by atoms with van der Waals surface area (Å²) in [4.78, 5) is 12.8. The van der Waals surface area contributed by atoms with Crippen LogP contribution in [0.3, 0.4) is 0 Å². The van der Waals surface area contributed by atoms with Gasteiger partial charge in [-0.25, -0.2) is 4.52 Å². The number of aromatic nitrogens is 5. The summed E-state index contributed by atoms with van der Waals surface area (Å²) < 4.78 is 5.27. The highest BCUT2D eigenvalue weighted by Gasteiger charge is 2.36. The molecule has 0 spiro atoms. The molecule has 1 aliphatic rings. The van der Waals surface area contributed by atoms with Crippen molar-refractivity contribution in [3.8, 4) is 0 Å². The molecule has 0 bridgehead atoms. The maximum absolute atomic E-state index is 12.8. The first-order chi connectivity index (χ1) is 11.5. The van der Waals surface area contributed by atoms with Crippen LogP contribution in [0.15, 0.2) is 31.0 Å². The van der Waals surface area contributed by atoms with Crippen molar-refractivity contribution in [1.29, 1.82) is 0 Å². The number of nitrogens with one attached hydrogen (secondary N) is 1. The van der Waals surface area contributed by atoms with Crippen LogP contribution in [0, 0.1) is 5.92 Å². The van der Waals surface area contributed by atoms with Gasteiger partial charge in [-0.15, -0.1) is 0 Å². The number of rotatable bonds is 4. The third-order valence-electron chi connectivity index (χ3n) is 4.77. The minimum atomic E-state index is -0.276. The van der Waals surface area contributed by atoms with E-state index in [1.165, 1.54) is 0 Å². The van der Waals surface area contributed by atoms with Gasteiger partial charge in [0.2, 0.25) is 0 Å². The highest BCUT2D eigenvalue weighted by atomic mass is 16.3. The third kappa shape index (κ3) is 2.39. The molecule has 1 atom stereocenters. The average molecular weight is 328 g/mol.